The van der Waals surface area contributed by atoms with Crippen LogP contribution < -0.4 is 10.6 Å². The number of hydrogen-bond donors (Lipinski definition) is 3. The van der Waals surface area contributed by atoms with Crippen molar-refractivity contribution in [2.75, 3.05) is 11.9 Å². The Morgan fingerprint density at radius 2 is 1.96 bits per heavy atom. The quantitative estimate of drug-likeness (QED) is 0.640. The Morgan fingerprint density at radius 1 is 1.20 bits per heavy atom. The van der Waals surface area contributed by atoms with E-state index in [2.05, 4.69) is 29.5 Å². The molecule has 1 heterocycles. The number of thiazole rings is 1. The second-order valence-corrected chi connectivity index (χ2v) is 7.20. The minimum atomic E-state index is -0.444. The van der Waals surface area contributed by atoms with Crippen LogP contribution in [0.3, 0.4) is 0 Å². The number of rotatable bonds is 5. The highest BCUT2D eigenvalue weighted by atomic mass is 32.1. The van der Waals surface area contributed by atoms with Gasteiger partial charge in [-0.3, -0.25) is 0 Å². The Hall–Kier alpha value is -2.44. The number of aliphatic hydroxyl groups excluding tert-OH is 1. The number of hydrogen-bond acceptors (Lipinski definition) is 4. The van der Waals surface area contributed by atoms with Crippen molar-refractivity contribution < 1.29 is 9.90 Å². The molecule has 5 nitrogen and oxygen atoms in total. The van der Waals surface area contributed by atoms with Crippen molar-refractivity contribution >= 4 is 33.3 Å². The number of carbonyl (C=O) groups excluding carboxylic acids is 1. The average Bonchev–Trinajstić information content (AvgIpc) is 3.04. The zero-order chi connectivity index (χ0) is 17.8. The van der Waals surface area contributed by atoms with E-state index >= 15 is 0 Å². The van der Waals surface area contributed by atoms with E-state index in [4.69, 9.17) is 0 Å². The maximum atomic E-state index is 12.3. The third-order valence-electron chi connectivity index (χ3n) is 3.85. The number of benzene rings is 2. The molecule has 25 heavy (non-hydrogen) atoms. The van der Waals surface area contributed by atoms with Gasteiger partial charge in [0.15, 0.2) is 0 Å². The maximum Gasteiger partial charge on any atom is 0.319 e. The van der Waals surface area contributed by atoms with Crippen LogP contribution in [0.1, 0.15) is 36.4 Å². The first-order chi connectivity index (χ1) is 12.1. The highest BCUT2D eigenvalue weighted by Gasteiger charge is 2.14. The lowest BCUT2D eigenvalue weighted by Crippen LogP contribution is -2.34. The van der Waals surface area contributed by atoms with Crippen molar-refractivity contribution in [1.29, 1.82) is 0 Å². The van der Waals surface area contributed by atoms with Gasteiger partial charge in [-0.15, -0.1) is 11.3 Å². The molecule has 3 N–H and O–H groups in total. The van der Waals surface area contributed by atoms with Crippen LogP contribution in [0.5, 0.6) is 0 Å². The zero-order valence-electron chi connectivity index (χ0n) is 14.2. The van der Waals surface area contributed by atoms with Crippen molar-refractivity contribution in [1.82, 2.24) is 10.3 Å². The molecule has 3 aromatic rings. The van der Waals surface area contributed by atoms with Crippen LogP contribution in [-0.4, -0.2) is 22.7 Å². The molecule has 0 bridgehead atoms. The summed E-state index contributed by atoms with van der Waals surface area (Å²) in [6.45, 7) is 4.06. The Morgan fingerprint density at radius 3 is 2.64 bits per heavy atom. The summed E-state index contributed by atoms with van der Waals surface area (Å²) >= 11 is 1.64. The van der Waals surface area contributed by atoms with Crippen molar-refractivity contribution in [3.63, 3.8) is 0 Å². The highest BCUT2D eigenvalue weighted by molar-refractivity contribution is 7.18. The van der Waals surface area contributed by atoms with Gasteiger partial charge in [0.05, 0.1) is 27.9 Å². The average molecular weight is 355 g/mol. The number of fused-ring (bicyclic) bond motifs is 1. The monoisotopic (exact) mass is 355 g/mol. The first kappa shape index (κ1) is 17.4. The van der Waals surface area contributed by atoms with E-state index in [1.54, 1.807) is 11.3 Å². The van der Waals surface area contributed by atoms with Crippen LogP contribution >= 0.6 is 11.3 Å². The van der Waals surface area contributed by atoms with Crippen molar-refractivity contribution in [3.8, 4) is 0 Å². The predicted molar refractivity (Wildman–Crippen MR) is 102 cm³/mol. The van der Waals surface area contributed by atoms with Gasteiger partial charge in [-0.05, 0) is 23.8 Å². The third kappa shape index (κ3) is 4.15. The summed E-state index contributed by atoms with van der Waals surface area (Å²) in [5.41, 5.74) is 2.51. The van der Waals surface area contributed by atoms with E-state index in [0.29, 0.717) is 11.6 Å². The molecular weight excluding hydrogens is 334 g/mol. The molecule has 3 rings (SSSR count). The molecule has 0 radical (unpaired) electrons. The Labute approximate surface area is 150 Å². The van der Waals surface area contributed by atoms with Gasteiger partial charge in [-0.25, -0.2) is 9.78 Å². The van der Waals surface area contributed by atoms with Gasteiger partial charge < -0.3 is 15.7 Å². The van der Waals surface area contributed by atoms with Crippen molar-refractivity contribution in [2.45, 2.75) is 25.8 Å². The highest BCUT2D eigenvalue weighted by Crippen LogP contribution is 2.29. The summed E-state index contributed by atoms with van der Waals surface area (Å²) in [6.07, 6.45) is 0. The van der Waals surface area contributed by atoms with Gasteiger partial charge >= 0.3 is 6.03 Å². The Balaban J connectivity index is 1.70. The SMILES string of the molecule is CC(C)c1nc2ccc(NC(=O)N[C@H](CO)c3ccccc3)cc2s1. The fourth-order valence-corrected chi connectivity index (χ4v) is 3.52. The van der Waals surface area contributed by atoms with Crippen LogP contribution in [0, 0.1) is 0 Å². The molecule has 0 aliphatic heterocycles. The molecule has 1 atom stereocenters. The molecule has 6 heteroatoms. The lowest BCUT2D eigenvalue weighted by atomic mass is 10.1. The molecule has 130 valence electrons. The molecule has 0 aliphatic carbocycles. The standard InChI is InChI=1S/C19H21N3O2S/c1-12(2)18-21-15-9-8-14(10-17(15)25-18)20-19(24)22-16(11-23)13-6-4-3-5-7-13/h3-10,12,16,23H,11H2,1-2H3,(H2,20,22,24)/t16-/m1/s1. The number of urea groups is 1. The largest absolute Gasteiger partial charge is 0.394 e. The van der Waals surface area contributed by atoms with Crippen LogP contribution in [0.2, 0.25) is 0 Å². The van der Waals surface area contributed by atoms with Crippen LogP contribution in [0.25, 0.3) is 10.2 Å². The molecule has 0 saturated carbocycles. The molecule has 0 unspecified atom stereocenters. The number of nitrogens with zero attached hydrogens (tertiary/aromatic N) is 1. The summed E-state index contributed by atoms with van der Waals surface area (Å²) in [4.78, 5) is 16.8. The molecule has 0 aliphatic rings. The van der Waals surface area contributed by atoms with E-state index in [9.17, 15) is 9.90 Å². The third-order valence-corrected chi connectivity index (χ3v) is 5.17. The predicted octanol–water partition coefficient (Wildman–Crippen LogP) is 4.27. The molecule has 0 saturated heterocycles. The number of aliphatic hydroxyl groups is 1. The fraction of sp³-hybridized carbons (Fsp3) is 0.263. The van der Waals surface area contributed by atoms with Crippen molar-refractivity contribution in [3.05, 3.63) is 59.1 Å². The van der Waals surface area contributed by atoms with E-state index in [1.807, 2.05) is 48.5 Å². The molecule has 0 spiro atoms. The van der Waals surface area contributed by atoms with E-state index in [1.165, 1.54) is 0 Å². The van der Waals surface area contributed by atoms with Gasteiger partial charge in [0, 0.05) is 11.6 Å². The number of carbonyl (C=O) groups is 1. The lowest BCUT2D eigenvalue weighted by Gasteiger charge is -2.17. The number of nitrogens with one attached hydrogen (secondary N) is 2. The first-order valence-corrected chi connectivity index (χ1v) is 9.02. The van der Waals surface area contributed by atoms with Gasteiger partial charge in [-0.2, -0.15) is 0 Å². The molecule has 0 fully saturated rings. The maximum absolute atomic E-state index is 12.3. The minimum absolute atomic E-state index is 0.164. The summed E-state index contributed by atoms with van der Waals surface area (Å²) in [6, 6.07) is 14.3. The number of aromatic nitrogens is 1. The zero-order valence-corrected chi connectivity index (χ0v) is 15.0. The molecule has 2 amide bonds. The molecular formula is C19H21N3O2S. The first-order valence-electron chi connectivity index (χ1n) is 8.20. The topological polar surface area (TPSA) is 74.2 Å². The van der Waals surface area contributed by atoms with Gasteiger partial charge in [-0.1, -0.05) is 44.2 Å². The number of anilines is 1. The Bertz CT molecular complexity index is 861. The van der Waals surface area contributed by atoms with E-state index in [0.717, 1.165) is 20.8 Å². The lowest BCUT2D eigenvalue weighted by molar-refractivity contribution is 0.225. The Kier molecular flexibility index (Phi) is 5.31. The van der Waals surface area contributed by atoms with Gasteiger partial charge in [0.25, 0.3) is 0 Å². The van der Waals surface area contributed by atoms with Crippen LogP contribution in [0.4, 0.5) is 10.5 Å². The normalized spacial score (nSPS) is 12.3. The summed E-state index contributed by atoms with van der Waals surface area (Å²) in [7, 11) is 0. The molecule has 1 aromatic heterocycles. The second-order valence-electron chi connectivity index (χ2n) is 6.13. The second kappa shape index (κ2) is 7.63. The van der Waals surface area contributed by atoms with Gasteiger partial charge in [0.1, 0.15) is 0 Å². The smallest absolute Gasteiger partial charge is 0.319 e. The fourth-order valence-electron chi connectivity index (χ4n) is 2.51. The van der Waals surface area contributed by atoms with Crippen molar-refractivity contribution in [2.24, 2.45) is 0 Å². The molecule has 2 aromatic carbocycles. The van der Waals surface area contributed by atoms with Gasteiger partial charge in [0.2, 0.25) is 0 Å². The summed E-state index contributed by atoms with van der Waals surface area (Å²) in [5.74, 6) is 0.383. The van der Waals surface area contributed by atoms with E-state index < -0.39 is 6.04 Å². The van der Waals surface area contributed by atoms with Crippen LogP contribution in [-0.2, 0) is 0 Å². The van der Waals surface area contributed by atoms with Crippen LogP contribution in [0.15, 0.2) is 48.5 Å². The summed E-state index contributed by atoms with van der Waals surface area (Å²) in [5, 5.41) is 16.2. The minimum Gasteiger partial charge on any atom is -0.394 e. The summed E-state index contributed by atoms with van der Waals surface area (Å²) < 4.78 is 1.04. The van der Waals surface area contributed by atoms with E-state index in [-0.39, 0.29) is 12.6 Å². The number of amides is 2.